The summed E-state index contributed by atoms with van der Waals surface area (Å²) in [4.78, 5) is 23.5. The van der Waals surface area contributed by atoms with Gasteiger partial charge in [0.15, 0.2) is 0 Å². The maximum Gasteiger partial charge on any atom is 0.325 e. The fourth-order valence-corrected chi connectivity index (χ4v) is 1.84. The average Bonchev–Trinajstić information content (AvgIpc) is 2.45. The lowest BCUT2D eigenvalue weighted by Crippen LogP contribution is -2.31. The molecule has 0 radical (unpaired) electrons. The Bertz CT molecular complexity index is 551. The molecule has 1 aromatic carbocycles. The van der Waals surface area contributed by atoms with Crippen LogP contribution in [0.2, 0.25) is 0 Å². The number of carbonyl (C=O) groups excluding carboxylic acids is 1. The van der Waals surface area contributed by atoms with Crippen molar-refractivity contribution >= 4 is 17.3 Å². The van der Waals surface area contributed by atoms with Gasteiger partial charge in [-0.15, -0.1) is 0 Å². The monoisotopic (exact) mass is 277 g/mol. The number of rotatable bonds is 6. The van der Waals surface area contributed by atoms with Crippen molar-refractivity contribution < 1.29 is 14.5 Å². The Kier molecular flexibility index (Phi) is 5.47. The van der Waals surface area contributed by atoms with Crippen LogP contribution in [-0.2, 0) is 9.53 Å². The van der Waals surface area contributed by atoms with Gasteiger partial charge in [-0.1, -0.05) is 13.0 Å². The van der Waals surface area contributed by atoms with E-state index < -0.39 is 10.9 Å². The highest BCUT2D eigenvalue weighted by atomic mass is 16.6. The highest BCUT2D eigenvalue weighted by molar-refractivity contribution is 5.79. The highest BCUT2D eigenvalue weighted by Gasteiger charge is 2.24. The minimum atomic E-state index is -0.603. The average molecular weight is 277 g/mol. The molecule has 0 spiro atoms. The first-order chi connectivity index (χ1) is 9.54. The molecule has 0 N–H and O–H groups in total. The van der Waals surface area contributed by atoms with E-state index in [4.69, 9.17) is 5.26 Å². The van der Waals surface area contributed by atoms with Crippen LogP contribution in [0.4, 0.5) is 11.4 Å². The largest absolute Gasteiger partial charge is 0.468 e. The maximum atomic E-state index is 11.4. The van der Waals surface area contributed by atoms with Gasteiger partial charge in [0.05, 0.1) is 12.0 Å². The summed E-state index contributed by atoms with van der Waals surface area (Å²) in [7, 11) is 1.26. The van der Waals surface area contributed by atoms with Crippen LogP contribution in [0.15, 0.2) is 18.2 Å². The minimum Gasteiger partial charge on any atom is -0.468 e. The Morgan fingerprint density at radius 3 is 2.75 bits per heavy atom. The van der Waals surface area contributed by atoms with E-state index in [1.165, 1.54) is 19.2 Å². The second kappa shape index (κ2) is 7.09. The molecule has 0 atom stereocenters. The first-order valence-electron chi connectivity index (χ1n) is 6.04. The second-order valence-electron chi connectivity index (χ2n) is 4.04. The van der Waals surface area contributed by atoms with Crippen LogP contribution in [0.1, 0.15) is 18.9 Å². The van der Waals surface area contributed by atoms with Crippen LogP contribution in [0.5, 0.6) is 0 Å². The summed E-state index contributed by atoms with van der Waals surface area (Å²) in [5.74, 6) is -0.491. The number of nitro benzene ring substituents is 1. The number of benzene rings is 1. The molecule has 0 bridgehead atoms. The Morgan fingerprint density at radius 2 is 2.25 bits per heavy atom. The summed E-state index contributed by atoms with van der Waals surface area (Å²) < 4.78 is 4.59. The number of hydrogen-bond donors (Lipinski definition) is 0. The summed E-state index contributed by atoms with van der Waals surface area (Å²) in [5.41, 5.74) is -0.0629. The molecule has 0 fully saturated rings. The fourth-order valence-electron chi connectivity index (χ4n) is 1.84. The van der Waals surface area contributed by atoms with E-state index in [-0.39, 0.29) is 23.5 Å². The lowest BCUT2D eigenvalue weighted by molar-refractivity contribution is -0.384. The Labute approximate surface area is 116 Å². The van der Waals surface area contributed by atoms with Crippen LogP contribution in [0, 0.1) is 21.4 Å². The van der Waals surface area contributed by atoms with E-state index in [2.05, 4.69) is 4.74 Å². The van der Waals surface area contributed by atoms with E-state index in [0.717, 1.165) is 0 Å². The quantitative estimate of drug-likeness (QED) is 0.447. The molecule has 20 heavy (non-hydrogen) atoms. The third kappa shape index (κ3) is 3.45. The van der Waals surface area contributed by atoms with Crippen LogP contribution in [0.3, 0.4) is 0 Å². The molecular weight excluding hydrogens is 262 g/mol. The van der Waals surface area contributed by atoms with Gasteiger partial charge in [-0.2, -0.15) is 5.26 Å². The van der Waals surface area contributed by atoms with Crippen molar-refractivity contribution in [3.63, 3.8) is 0 Å². The number of ether oxygens (including phenoxy) is 1. The standard InChI is InChI=1S/C13H15N3O4/c1-3-7-15(9-12(17)20-2)11-6-4-5-10(8-14)13(11)16(18)19/h4-6H,3,7,9H2,1-2H3. The predicted octanol–water partition coefficient (Wildman–Crippen LogP) is 1.86. The van der Waals surface area contributed by atoms with Crippen molar-refractivity contribution in [1.29, 1.82) is 5.26 Å². The molecule has 0 unspecified atom stereocenters. The lowest BCUT2D eigenvalue weighted by atomic mass is 10.1. The summed E-state index contributed by atoms with van der Waals surface area (Å²) >= 11 is 0. The van der Waals surface area contributed by atoms with E-state index in [1.807, 2.05) is 6.92 Å². The third-order valence-electron chi connectivity index (χ3n) is 2.70. The zero-order valence-corrected chi connectivity index (χ0v) is 11.3. The number of esters is 1. The van der Waals surface area contributed by atoms with Crippen LogP contribution < -0.4 is 4.90 Å². The maximum absolute atomic E-state index is 11.4. The number of para-hydroxylation sites is 1. The van der Waals surface area contributed by atoms with Gasteiger partial charge < -0.3 is 9.64 Å². The summed E-state index contributed by atoms with van der Waals surface area (Å²) in [6, 6.07) is 6.26. The van der Waals surface area contributed by atoms with Crippen molar-refractivity contribution in [3.05, 3.63) is 33.9 Å². The van der Waals surface area contributed by atoms with Gasteiger partial charge in [-0.25, -0.2) is 0 Å². The molecule has 0 saturated heterocycles. The van der Waals surface area contributed by atoms with Gasteiger partial charge in [-0.3, -0.25) is 14.9 Å². The van der Waals surface area contributed by atoms with Crippen LogP contribution in [0.25, 0.3) is 0 Å². The third-order valence-corrected chi connectivity index (χ3v) is 2.70. The van der Waals surface area contributed by atoms with Gasteiger partial charge in [-0.05, 0) is 18.6 Å². The topological polar surface area (TPSA) is 96.5 Å². The predicted molar refractivity (Wildman–Crippen MR) is 72.3 cm³/mol. The van der Waals surface area contributed by atoms with Crippen molar-refractivity contribution in [1.82, 2.24) is 0 Å². The highest BCUT2D eigenvalue weighted by Crippen LogP contribution is 2.31. The molecule has 0 amide bonds. The number of anilines is 1. The van der Waals surface area contributed by atoms with E-state index >= 15 is 0 Å². The fraction of sp³-hybridized carbons (Fsp3) is 0.385. The molecule has 1 rings (SSSR count). The normalized spacial score (nSPS) is 9.65. The van der Waals surface area contributed by atoms with Gasteiger partial charge in [0.25, 0.3) is 0 Å². The van der Waals surface area contributed by atoms with Crippen molar-refractivity contribution in [2.75, 3.05) is 25.1 Å². The molecule has 7 heteroatoms. The van der Waals surface area contributed by atoms with E-state index in [0.29, 0.717) is 13.0 Å². The number of hydrogen-bond acceptors (Lipinski definition) is 6. The summed E-state index contributed by atoms with van der Waals surface area (Å²) in [5, 5.41) is 20.1. The van der Waals surface area contributed by atoms with Gasteiger partial charge in [0, 0.05) is 6.54 Å². The number of nitriles is 1. The van der Waals surface area contributed by atoms with Crippen molar-refractivity contribution in [2.45, 2.75) is 13.3 Å². The van der Waals surface area contributed by atoms with Gasteiger partial charge >= 0.3 is 11.7 Å². The Morgan fingerprint density at radius 1 is 1.55 bits per heavy atom. The molecule has 7 nitrogen and oxygen atoms in total. The van der Waals surface area contributed by atoms with Crippen LogP contribution >= 0.6 is 0 Å². The number of nitrogens with zero attached hydrogens (tertiary/aromatic N) is 3. The number of methoxy groups -OCH3 is 1. The van der Waals surface area contributed by atoms with E-state index in [9.17, 15) is 14.9 Å². The smallest absolute Gasteiger partial charge is 0.325 e. The Balaban J connectivity index is 3.29. The zero-order chi connectivity index (χ0) is 15.1. The van der Waals surface area contributed by atoms with E-state index in [1.54, 1.807) is 17.0 Å². The van der Waals surface area contributed by atoms with Gasteiger partial charge in [0.2, 0.25) is 0 Å². The molecule has 0 aliphatic carbocycles. The summed E-state index contributed by atoms with van der Waals surface area (Å²) in [6.07, 6.45) is 0.699. The van der Waals surface area contributed by atoms with Crippen LogP contribution in [-0.4, -0.2) is 31.1 Å². The first kappa shape index (κ1) is 15.4. The molecular formula is C13H15N3O4. The molecule has 1 aromatic rings. The van der Waals surface area contributed by atoms with Crippen molar-refractivity contribution in [2.24, 2.45) is 0 Å². The van der Waals surface area contributed by atoms with Crippen molar-refractivity contribution in [3.8, 4) is 6.07 Å². The number of nitro groups is 1. The molecule has 0 heterocycles. The van der Waals surface area contributed by atoms with Gasteiger partial charge in [0.1, 0.15) is 23.9 Å². The summed E-state index contributed by atoms with van der Waals surface area (Å²) in [6.45, 7) is 2.25. The zero-order valence-electron chi connectivity index (χ0n) is 11.3. The molecule has 0 aliphatic rings. The molecule has 0 aromatic heterocycles. The number of carbonyl (C=O) groups is 1. The SMILES string of the molecule is CCCN(CC(=O)OC)c1cccc(C#N)c1[N+](=O)[O-]. The lowest BCUT2D eigenvalue weighted by Gasteiger charge is -2.22. The molecule has 0 aliphatic heterocycles. The Hall–Kier alpha value is -2.62. The minimum absolute atomic E-state index is 0.0292. The molecule has 0 saturated carbocycles. The second-order valence-corrected chi connectivity index (χ2v) is 4.04. The molecule has 106 valence electrons. The first-order valence-corrected chi connectivity index (χ1v) is 6.04.